The molecule has 25 heavy (non-hydrogen) atoms. The van der Waals surface area contributed by atoms with Crippen LogP contribution in [-0.4, -0.2) is 52.0 Å². The second-order valence-corrected chi connectivity index (χ2v) is 10.9. The number of hydroxylamine groups is 4. The minimum absolute atomic E-state index is 0.0415. The summed E-state index contributed by atoms with van der Waals surface area (Å²) >= 11 is 0. The molecule has 2 aliphatic rings. The van der Waals surface area contributed by atoms with Crippen molar-refractivity contribution >= 4 is 0 Å². The third-order valence-corrected chi connectivity index (χ3v) is 6.39. The number of hydrogen-bond donors (Lipinski definition) is 1. The summed E-state index contributed by atoms with van der Waals surface area (Å²) in [5, 5.41) is 4.31. The van der Waals surface area contributed by atoms with Gasteiger partial charge in [-0.05, 0) is 87.0 Å². The highest BCUT2D eigenvalue weighted by Crippen LogP contribution is 2.52. The fourth-order valence-corrected chi connectivity index (χ4v) is 6.58. The average Bonchev–Trinajstić information content (AvgIpc) is 2.32. The lowest BCUT2D eigenvalue weighted by Gasteiger charge is -2.62. The molecular formula is C20H41N3O2. The fourth-order valence-electron chi connectivity index (χ4n) is 6.58. The van der Waals surface area contributed by atoms with E-state index in [0.29, 0.717) is 5.92 Å². The van der Waals surface area contributed by atoms with Gasteiger partial charge in [-0.1, -0.05) is 0 Å². The topological polar surface area (TPSA) is 51.0 Å². The van der Waals surface area contributed by atoms with Crippen LogP contribution in [0.15, 0.2) is 0 Å². The minimum atomic E-state index is -0.212. The smallest absolute Gasteiger partial charge is 0.0575 e. The summed E-state index contributed by atoms with van der Waals surface area (Å²) in [7, 11) is 3.56. The fraction of sp³-hybridized carbons (Fsp3) is 1.00. The third kappa shape index (κ3) is 3.63. The second-order valence-electron chi connectivity index (χ2n) is 10.9. The Labute approximate surface area is 155 Å². The molecule has 0 bridgehead atoms. The Morgan fingerprint density at radius 2 is 1.00 bits per heavy atom. The van der Waals surface area contributed by atoms with E-state index in [1.807, 2.05) is 0 Å². The van der Waals surface area contributed by atoms with Crippen molar-refractivity contribution < 1.29 is 9.68 Å². The number of rotatable bonds is 3. The molecule has 0 atom stereocenters. The van der Waals surface area contributed by atoms with Crippen LogP contribution in [-0.2, 0) is 9.68 Å². The molecule has 0 spiro atoms. The normalized spacial score (nSPS) is 31.8. The van der Waals surface area contributed by atoms with E-state index >= 15 is 0 Å². The van der Waals surface area contributed by atoms with Crippen LogP contribution in [0.25, 0.3) is 0 Å². The van der Waals surface area contributed by atoms with Gasteiger partial charge >= 0.3 is 0 Å². The van der Waals surface area contributed by atoms with Crippen molar-refractivity contribution in [2.45, 2.75) is 109 Å². The number of piperidine rings is 2. The molecule has 2 aliphatic heterocycles. The molecule has 0 unspecified atom stereocenters. The number of nitrogens with zero attached hydrogens (tertiary/aromatic N) is 2. The first-order valence-electron chi connectivity index (χ1n) is 9.59. The van der Waals surface area contributed by atoms with Crippen LogP contribution in [0.5, 0.6) is 0 Å². The van der Waals surface area contributed by atoms with Crippen molar-refractivity contribution in [3.05, 3.63) is 0 Å². The first-order chi connectivity index (χ1) is 11.1. The number of hydrogen-bond acceptors (Lipinski definition) is 5. The minimum Gasteiger partial charge on any atom is -0.325 e. The van der Waals surface area contributed by atoms with Crippen LogP contribution in [0, 0.1) is 5.92 Å². The van der Waals surface area contributed by atoms with Gasteiger partial charge in [0.25, 0.3) is 0 Å². The van der Waals surface area contributed by atoms with Crippen LogP contribution in [0.3, 0.4) is 0 Å². The Bertz CT molecular complexity index is 463. The van der Waals surface area contributed by atoms with E-state index in [2.05, 4.69) is 65.5 Å². The predicted molar refractivity (Wildman–Crippen MR) is 103 cm³/mol. The van der Waals surface area contributed by atoms with Crippen molar-refractivity contribution in [2.75, 3.05) is 14.2 Å². The lowest BCUT2D eigenvalue weighted by atomic mass is 9.59. The molecule has 5 heteroatoms. The monoisotopic (exact) mass is 355 g/mol. The predicted octanol–water partition coefficient (Wildman–Crippen LogP) is 3.73. The van der Waals surface area contributed by atoms with Gasteiger partial charge in [-0.25, -0.2) is 0 Å². The van der Waals surface area contributed by atoms with Crippen LogP contribution >= 0.6 is 0 Å². The van der Waals surface area contributed by atoms with Gasteiger partial charge in [0, 0.05) is 27.7 Å². The van der Waals surface area contributed by atoms with Gasteiger partial charge in [0.15, 0.2) is 0 Å². The van der Waals surface area contributed by atoms with E-state index in [0.717, 1.165) is 25.7 Å². The highest BCUT2D eigenvalue weighted by Gasteiger charge is 2.58. The molecule has 148 valence electrons. The largest absolute Gasteiger partial charge is 0.325 e. The van der Waals surface area contributed by atoms with E-state index in [9.17, 15) is 0 Å². The molecule has 0 saturated carbocycles. The van der Waals surface area contributed by atoms with Crippen LogP contribution in [0.4, 0.5) is 0 Å². The summed E-state index contributed by atoms with van der Waals surface area (Å²) in [5.41, 5.74) is 6.70. The van der Waals surface area contributed by atoms with Crippen LogP contribution in [0.1, 0.15) is 81.1 Å². The van der Waals surface area contributed by atoms with E-state index in [1.54, 1.807) is 14.2 Å². The highest BCUT2D eigenvalue weighted by molar-refractivity contribution is 5.12. The Morgan fingerprint density at radius 1 is 0.680 bits per heavy atom. The van der Waals surface area contributed by atoms with E-state index in [1.165, 1.54) is 0 Å². The molecule has 0 aromatic heterocycles. The maximum atomic E-state index is 7.19. The molecule has 2 rings (SSSR count). The molecule has 0 aromatic rings. The molecule has 0 aliphatic carbocycles. The first kappa shape index (κ1) is 21.1. The van der Waals surface area contributed by atoms with Gasteiger partial charge in [0.05, 0.1) is 14.2 Å². The van der Waals surface area contributed by atoms with Crippen LogP contribution < -0.4 is 5.73 Å². The SMILES string of the molecule is CON1C(C)(C)CC(C2(N)CC(C)(C)N(OC)C(C)(C)C2)CC1(C)C. The molecular weight excluding hydrogens is 314 g/mol. The molecule has 0 amide bonds. The summed E-state index contributed by atoms with van der Waals surface area (Å²) in [6.45, 7) is 18.1. The molecule has 2 saturated heterocycles. The van der Waals surface area contributed by atoms with Gasteiger partial charge in [-0.2, -0.15) is 10.1 Å². The van der Waals surface area contributed by atoms with Crippen molar-refractivity contribution in [1.82, 2.24) is 10.1 Å². The molecule has 2 fully saturated rings. The molecule has 5 nitrogen and oxygen atoms in total. The maximum absolute atomic E-state index is 7.19. The van der Waals surface area contributed by atoms with Gasteiger partial charge in [-0.3, -0.25) is 0 Å². The molecule has 0 radical (unpaired) electrons. The van der Waals surface area contributed by atoms with Crippen molar-refractivity contribution in [1.29, 1.82) is 0 Å². The summed E-state index contributed by atoms with van der Waals surface area (Å²) in [5.74, 6) is 0.446. The van der Waals surface area contributed by atoms with E-state index < -0.39 is 0 Å². The van der Waals surface area contributed by atoms with E-state index in [-0.39, 0.29) is 27.7 Å². The van der Waals surface area contributed by atoms with Gasteiger partial charge in [-0.15, -0.1) is 0 Å². The number of nitrogens with two attached hydrogens (primary N) is 1. The second kappa shape index (κ2) is 6.16. The summed E-state index contributed by atoms with van der Waals surface area (Å²) in [4.78, 5) is 11.5. The van der Waals surface area contributed by atoms with Gasteiger partial charge in [0.1, 0.15) is 0 Å². The van der Waals surface area contributed by atoms with Crippen molar-refractivity contribution in [2.24, 2.45) is 11.7 Å². The van der Waals surface area contributed by atoms with Crippen molar-refractivity contribution in [3.8, 4) is 0 Å². The first-order valence-corrected chi connectivity index (χ1v) is 9.59. The Kier molecular flexibility index (Phi) is 5.20. The molecule has 0 aromatic carbocycles. The standard InChI is InChI=1S/C20H41N3O2/c1-16(2)11-15(12-17(3,4)22(16)24-9)20(21)13-18(5,6)23(25-10)19(7,8)14-20/h15H,11-14,21H2,1-10H3. The van der Waals surface area contributed by atoms with E-state index in [4.69, 9.17) is 15.4 Å². The maximum Gasteiger partial charge on any atom is 0.0575 e. The zero-order valence-electron chi connectivity index (χ0n) is 18.2. The van der Waals surface area contributed by atoms with Gasteiger partial charge < -0.3 is 15.4 Å². The lowest BCUT2D eigenvalue weighted by molar-refractivity contribution is -0.294. The lowest BCUT2D eigenvalue weighted by Crippen LogP contribution is -2.72. The summed E-state index contributed by atoms with van der Waals surface area (Å²) in [6.07, 6.45) is 3.95. The zero-order chi connectivity index (χ0) is 19.5. The Balaban J connectivity index is 2.37. The molecule has 2 N–H and O–H groups in total. The van der Waals surface area contributed by atoms with Gasteiger partial charge in [0.2, 0.25) is 0 Å². The summed E-state index contributed by atoms with van der Waals surface area (Å²) < 4.78 is 0. The van der Waals surface area contributed by atoms with Crippen molar-refractivity contribution in [3.63, 3.8) is 0 Å². The Morgan fingerprint density at radius 3 is 1.32 bits per heavy atom. The zero-order valence-corrected chi connectivity index (χ0v) is 18.2. The van der Waals surface area contributed by atoms with Crippen LogP contribution in [0.2, 0.25) is 0 Å². The highest BCUT2D eigenvalue weighted by atomic mass is 16.7. The molecule has 2 heterocycles. The quantitative estimate of drug-likeness (QED) is 0.836. The Hall–Kier alpha value is -0.200. The average molecular weight is 356 g/mol. The third-order valence-electron chi connectivity index (χ3n) is 6.39. The summed E-state index contributed by atoms with van der Waals surface area (Å²) in [6, 6.07) is 0.